The Morgan fingerprint density at radius 2 is 1.31 bits per heavy atom. The van der Waals surface area contributed by atoms with E-state index in [0.717, 1.165) is 11.3 Å². The number of hydrogen-bond donors (Lipinski definition) is 2. The van der Waals surface area contributed by atoms with Gasteiger partial charge in [-0.1, -0.05) is 42.5 Å². The first-order valence-corrected chi connectivity index (χ1v) is 8.22. The van der Waals surface area contributed by atoms with Crippen LogP contribution >= 0.6 is 12.4 Å². The molecular weight excluding hydrogens is 350 g/mol. The van der Waals surface area contributed by atoms with Gasteiger partial charge in [0, 0.05) is 12.6 Å². The lowest BCUT2D eigenvalue weighted by molar-refractivity contribution is 0.276. The number of nitrogens with two attached hydrogens (primary N) is 1. The molecule has 3 aromatic carbocycles. The van der Waals surface area contributed by atoms with Crippen LogP contribution in [0, 0.1) is 0 Å². The molecule has 26 heavy (non-hydrogen) atoms. The van der Waals surface area contributed by atoms with Crippen LogP contribution < -0.4 is 15.2 Å². The summed E-state index contributed by atoms with van der Waals surface area (Å²) < 4.78 is 12.0. The molecule has 0 fully saturated rings. The van der Waals surface area contributed by atoms with Gasteiger partial charge in [-0.2, -0.15) is 0 Å². The topological polar surface area (TPSA) is 64.7 Å². The third-order valence-corrected chi connectivity index (χ3v) is 3.78. The highest BCUT2D eigenvalue weighted by Gasteiger charge is 2.13. The van der Waals surface area contributed by atoms with Gasteiger partial charge in [0.05, 0.1) is 0 Å². The molecule has 0 aliphatic heterocycles. The molecule has 1 atom stereocenters. The van der Waals surface area contributed by atoms with Crippen LogP contribution in [0.3, 0.4) is 0 Å². The summed E-state index contributed by atoms with van der Waals surface area (Å²) in [4.78, 5) is 0. The number of rotatable bonds is 7. The van der Waals surface area contributed by atoms with Gasteiger partial charge >= 0.3 is 0 Å². The minimum Gasteiger partial charge on any atom is -0.453 e. The Bertz CT molecular complexity index is 797. The van der Waals surface area contributed by atoms with Crippen LogP contribution in [0.4, 0.5) is 0 Å². The largest absolute Gasteiger partial charge is 0.453 e. The van der Waals surface area contributed by atoms with Crippen LogP contribution in [-0.4, -0.2) is 11.7 Å². The molecule has 4 nitrogen and oxygen atoms in total. The Balaban J connectivity index is 0.00000243. The van der Waals surface area contributed by atoms with E-state index in [1.807, 2.05) is 78.9 Å². The predicted molar refractivity (Wildman–Crippen MR) is 105 cm³/mol. The van der Waals surface area contributed by atoms with E-state index in [9.17, 15) is 0 Å². The van der Waals surface area contributed by atoms with Crippen molar-refractivity contribution in [3.63, 3.8) is 0 Å². The monoisotopic (exact) mass is 371 g/mol. The first-order valence-electron chi connectivity index (χ1n) is 8.22. The Hall–Kier alpha value is -2.53. The van der Waals surface area contributed by atoms with Gasteiger partial charge in [0.2, 0.25) is 0 Å². The molecule has 5 heteroatoms. The second-order valence-electron chi connectivity index (χ2n) is 5.66. The van der Waals surface area contributed by atoms with Gasteiger partial charge in [0.25, 0.3) is 0 Å². The van der Waals surface area contributed by atoms with Gasteiger partial charge in [-0.25, -0.2) is 0 Å². The number of para-hydroxylation sites is 2. The minimum absolute atomic E-state index is 0. The lowest BCUT2D eigenvalue weighted by atomic mass is 10.0. The molecule has 3 aromatic rings. The lowest BCUT2D eigenvalue weighted by Gasteiger charge is -2.16. The first kappa shape index (κ1) is 19.8. The summed E-state index contributed by atoms with van der Waals surface area (Å²) in [6.45, 7) is 0.0400. The molecule has 0 aliphatic carbocycles. The van der Waals surface area contributed by atoms with Gasteiger partial charge in [0.1, 0.15) is 11.5 Å². The van der Waals surface area contributed by atoms with E-state index in [1.54, 1.807) is 0 Å². The first-order chi connectivity index (χ1) is 12.3. The van der Waals surface area contributed by atoms with Gasteiger partial charge in [-0.15, -0.1) is 12.4 Å². The van der Waals surface area contributed by atoms with Crippen molar-refractivity contribution in [2.45, 2.75) is 12.5 Å². The molecule has 0 aliphatic rings. The second kappa shape index (κ2) is 9.82. The van der Waals surface area contributed by atoms with Crippen molar-refractivity contribution in [1.29, 1.82) is 0 Å². The van der Waals surface area contributed by atoms with Crippen LogP contribution in [0.5, 0.6) is 23.0 Å². The maximum atomic E-state index is 9.12. The molecule has 0 unspecified atom stereocenters. The van der Waals surface area contributed by atoms with Gasteiger partial charge < -0.3 is 20.3 Å². The molecule has 3 rings (SSSR count). The molecule has 0 saturated heterocycles. The highest BCUT2D eigenvalue weighted by atomic mass is 35.5. The molecule has 0 radical (unpaired) electrons. The van der Waals surface area contributed by atoms with Gasteiger partial charge in [-0.3, -0.25) is 0 Å². The van der Waals surface area contributed by atoms with Crippen LogP contribution in [0.25, 0.3) is 0 Å². The summed E-state index contributed by atoms with van der Waals surface area (Å²) in [7, 11) is 0. The Kier molecular flexibility index (Phi) is 7.48. The van der Waals surface area contributed by atoms with Crippen molar-refractivity contribution < 1.29 is 14.6 Å². The van der Waals surface area contributed by atoms with Crippen molar-refractivity contribution in [2.75, 3.05) is 6.61 Å². The summed E-state index contributed by atoms with van der Waals surface area (Å²) in [6.07, 6.45) is 0.490. The maximum absolute atomic E-state index is 9.12. The van der Waals surface area contributed by atoms with Crippen molar-refractivity contribution in [2.24, 2.45) is 5.73 Å². The summed E-state index contributed by atoms with van der Waals surface area (Å²) in [5.74, 6) is 2.64. The predicted octanol–water partition coefficient (Wildman–Crippen LogP) is 5.08. The number of ether oxygens (including phenoxy) is 2. The molecule has 0 bridgehead atoms. The molecular formula is C21H22ClNO3. The van der Waals surface area contributed by atoms with Crippen LogP contribution in [0.2, 0.25) is 0 Å². The molecule has 0 spiro atoms. The number of benzene rings is 3. The Morgan fingerprint density at radius 3 is 1.85 bits per heavy atom. The van der Waals surface area contributed by atoms with Crippen LogP contribution in [0.1, 0.15) is 18.0 Å². The zero-order chi connectivity index (χ0) is 17.5. The average molecular weight is 372 g/mol. The van der Waals surface area contributed by atoms with Gasteiger partial charge in [0.15, 0.2) is 11.5 Å². The highest BCUT2D eigenvalue weighted by molar-refractivity contribution is 5.85. The third kappa shape index (κ3) is 5.23. The molecule has 0 aromatic heterocycles. The van der Waals surface area contributed by atoms with E-state index in [0.29, 0.717) is 23.7 Å². The maximum Gasteiger partial charge on any atom is 0.170 e. The van der Waals surface area contributed by atoms with E-state index < -0.39 is 0 Å². The summed E-state index contributed by atoms with van der Waals surface area (Å²) in [5.41, 5.74) is 7.00. The fourth-order valence-electron chi connectivity index (χ4n) is 2.46. The van der Waals surface area contributed by atoms with Crippen molar-refractivity contribution in [3.05, 3.63) is 84.4 Å². The molecule has 3 N–H and O–H groups in total. The molecule has 136 valence electrons. The average Bonchev–Trinajstić information content (AvgIpc) is 2.65. The smallest absolute Gasteiger partial charge is 0.170 e. The zero-order valence-electron chi connectivity index (χ0n) is 14.2. The number of aliphatic hydroxyl groups is 1. The normalized spacial score (nSPS) is 11.3. The molecule has 0 amide bonds. The highest BCUT2D eigenvalue weighted by Crippen LogP contribution is 2.36. The summed E-state index contributed by atoms with van der Waals surface area (Å²) >= 11 is 0. The number of halogens is 1. The van der Waals surface area contributed by atoms with E-state index in [1.165, 1.54) is 0 Å². The fraction of sp³-hybridized carbons (Fsp3) is 0.143. The SMILES string of the molecule is Cl.N[C@H](CCO)c1ccc(Oc2ccccc2)c(Oc2ccccc2)c1. The van der Waals surface area contributed by atoms with E-state index in [4.69, 9.17) is 20.3 Å². The summed E-state index contributed by atoms with van der Waals surface area (Å²) in [5, 5.41) is 9.12. The number of hydrogen-bond acceptors (Lipinski definition) is 4. The standard InChI is InChI=1S/C21H21NO3.ClH/c22-19(13-14-23)16-11-12-20(24-17-7-3-1-4-8-17)21(15-16)25-18-9-5-2-6-10-18;/h1-12,15,19,23H,13-14,22H2;1H/t19-;/m1./s1. The fourth-order valence-corrected chi connectivity index (χ4v) is 2.46. The van der Waals surface area contributed by atoms with Crippen LogP contribution in [-0.2, 0) is 0 Å². The molecule has 0 heterocycles. The second-order valence-corrected chi connectivity index (χ2v) is 5.66. The number of aliphatic hydroxyl groups excluding tert-OH is 1. The lowest BCUT2D eigenvalue weighted by Crippen LogP contribution is -2.12. The Labute approximate surface area is 159 Å². The minimum atomic E-state index is -0.256. The van der Waals surface area contributed by atoms with E-state index >= 15 is 0 Å². The van der Waals surface area contributed by atoms with Crippen molar-refractivity contribution in [3.8, 4) is 23.0 Å². The van der Waals surface area contributed by atoms with Crippen molar-refractivity contribution >= 4 is 12.4 Å². The molecule has 0 saturated carbocycles. The van der Waals surface area contributed by atoms with Crippen LogP contribution in [0.15, 0.2) is 78.9 Å². The third-order valence-electron chi connectivity index (χ3n) is 3.78. The van der Waals surface area contributed by atoms with Crippen molar-refractivity contribution in [1.82, 2.24) is 0 Å². The Morgan fingerprint density at radius 1 is 0.769 bits per heavy atom. The van der Waals surface area contributed by atoms with E-state index in [2.05, 4.69) is 0 Å². The van der Waals surface area contributed by atoms with Gasteiger partial charge in [-0.05, 0) is 48.4 Å². The van der Waals surface area contributed by atoms with E-state index in [-0.39, 0.29) is 25.1 Å². The summed E-state index contributed by atoms with van der Waals surface area (Å²) in [6, 6.07) is 24.4. The zero-order valence-corrected chi connectivity index (χ0v) is 15.1. The quantitative estimate of drug-likeness (QED) is 0.608.